The van der Waals surface area contributed by atoms with E-state index in [0.717, 1.165) is 0 Å². The molecule has 0 saturated carbocycles. The van der Waals surface area contributed by atoms with Crippen molar-refractivity contribution in [3.05, 3.63) is 29.8 Å². The van der Waals surface area contributed by atoms with E-state index in [2.05, 4.69) is 0 Å². The number of hydrogen-bond acceptors (Lipinski definition) is 2. The zero-order valence-electron chi connectivity index (χ0n) is 11.1. The molecule has 112 valence electrons. The van der Waals surface area contributed by atoms with Crippen LogP contribution in [0.4, 0.5) is 13.2 Å². The van der Waals surface area contributed by atoms with Gasteiger partial charge in [0.15, 0.2) is 0 Å². The summed E-state index contributed by atoms with van der Waals surface area (Å²) in [7, 11) is 0. The summed E-state index contributed by atoms with van der Waals surface area (Å²) >= 11 is 5.88. The highest BCUT2D eigenvalue weighted by atomic mass is 35.5. The molecule has 0 radical (unpaired) electrons. The van der Waals surface area contributed by atoms with Gasteiger partial charge in [0.2, 0.25) is 5.91 Å². The van der Waals surface area contributed by atoms with Crippen molar-refractivity contribution in [1.82, 2.24) is 4.90 Å². The number of amides is 1. The molecule has 1 aromatic carbocycles. The molecule has 0 heterocycles. The molecular weight excluding hydrogens is 311 g/mol. The van der Waals surface area contributed by atoms with Crippen LogP contribution in [0, 0.1) is 0 Å². The van der Waals surface area contributed by atoms with Crippen LogP contribution in [-0.2, 0) is 4.79 Å². The Balaban J connectivity index is 2.80. The number of likely N-dealkylation sites (N-methyl/N-ethyl adjacent to an activating group) is 1. The number of rotatable bonds is 5. The van der Waals surface area contributed by atoms with E-state index in [-0.39, 0.29) is 22.6 Å². The summed E-state index contributed by atoms with van der Waals surface area (Å²) < 4.78 is 36.6. The Bertz CT molecular complexity index is 446. The van der Waals surface area contributed by atoms with Gasteiger partial charge in [-0.25, -0.2) is 0 Å². The first-order valence-corrected chi connectivity index (χ1v) is 7.32. The summed E-state index contributed by atoms with van der Waals surface area (Å²) in [6.07, 6.45) is 0. The summed E-state index contributed by atoms with van der Waals surface area (Å²) in [5.74, 6) is -0.243. The lowest BCUT2D eigenvalue weighted by Gasteiger charge is -2.22. The summed E-state index contributed by atoms with van der Waals surface area (Å²) in [5, 5.41) is -0.875. The largest absolute Gasteiger partial charge is 0.446 e. The molecule has 0 aliphatic rings. The number of carbonyl (C=O) groups excluding carboxylic acids is 1. The molecule has 0 N–H and O–H groups in total. The fourth-order valence-electron chi connectivity index (χ4n) is 1.68. The first-order valence-electron chi connectivity index (χ1n) is 6.07. The molecule has 20 heavy (non-hydrogen) atoms. The Morgan fingerprint density at radius 2 is 1.75 bits per heavy atom. The maximum atomic E-state index is 12.2. The second-order valence-electron chi connectivity index (χ2n) is 3.99. The third kappa shape index (κ3) is 4.90. The van der Waals surface area contributed by atoms with Crippen molar-refractivity contribution in [2.24, 2.45) is 0 Å². The fourth-order valence-corrected chi connectivity index (χ4v) is 2.50. The summed E-state index contributed by atoms with van der Waals surface area (Å²) in [6, 6.07) is 5.54. The lowest BCUT2D eigenvalue weighted by atomic mass is 10.1. The second kappa shape index (κ2) is 7.22. The average Bonchev–Trinajstić information content (AvgIpc) is 2.38. The number of benzene rings is 1. The SMILES string of the molecule is CCN(CC)C(=O)C(Cl)c1ccc(SC(F)(F)F)cc1. The van der Waals surface area contributed by atoms with Gasteiger partial charge in [0.05, 0.1) is 0 Å². The smallest absolute Gasteiger partial charge is 0.342 e. The molecule has 2 nitrogen and oxygen atoms in total. The highest BCUT2D eigenvalue weighted by Gasteiger charge is 2.29. The first kappa shape index (κ1) is 17.2. The summed E-state index contributed by atoms with van der Waals surface area (Å²) in [4.78, 5) is 13.7. The lowest BCUT2D eigenvalue weighted by Crippen LogP contribution is -2.33. The predicted molar refractivity (Wildman–Crippen MR) is 74.9 cm³/mol. The van der Waals surface area contributed by atoms with E-state index >= 15 is 0 Å². The third-order valence-corrected chi connectivity index (χ3v) is 3.88. The first-order chi connectivity index (χ1) is 9.28. The number of hydrogen-bond donors (Lipinski definition) is 0. The quantitative estimate of drug-likeness (QED) is 0.589. The number of nitrogens with zero attached hydrogens (tertiary/aromatic N) is 1. The van der Waals surface area contributed by atoms with Crippen molar-refractivity contribution in [3.63, 3.8) is 0 Å². The molecule has 1 aromatic rings. The van der Waals surface area contributed by atoms with E-state index < -0.39 is 10.9 Å². The van der Waals surface area contributed by atoms with E-state index in [0.29, 0.717) is 18.7 Å². The Labute approximate surface area is 125 Å². The van der Waals surface area contributed by atoms with Crippen LogP contribution in [0.3, 0.4) is 0 Å². The standard InChI is InChI=1S/C13H15ClF3NOS/c1-3-18(4-2)12(19)11(14)9-5-7-10(8-6-9)20-13(15,16)17/h5-8,11H,3-4H2,1-2H3. The molecular formula is C13H15ClF3NOS. The Hall–Kier alpha value is -0.880. The van der Waals surface area contributed by atoms with E-state index in [9.17, 15) is 18.0 Å². The van der Waals surface area contributed by atoms with Crippen molar-refractivity contribution in [2.75, 3.05) is 13.1 Å². The van der Waals surface area contributed by atoms with Crippen molar-refractivity contribution >= 4 is 29.3 Å². The maximum absolute atomic E-state index is 12.2. The predicted octanol–water partition coefficient (Wildman–Crippen LogP) is 4.45. The Kier molecular flexibility index (Phi) is 6.20. The van der Waals surface area contributed by atoms with Crippen molar-refractivity contribution in [3.8, 4) is 0 Å². The van der Waals surface area contributed by atoms with Gasteiger partial charge in [-0.1, -0.05) is 12.1 Å². The molecule has 1 unspecified atom stereocenters. The van der Waals surface area contributed by atoms with Gasteiger partial charge in [-0.05, 0) is 43.3 Å². The normalized spacial score (nSPS) is 13.1. The molecule has 0 bridgehead atoms. The highest BCUT2D eigenvalue weighted by molar-refractivity contribution is 8.00. The van der Waals surface area contributed by atoms with Crippen LogP contribution in [0.2, 0.25) is 0 Å². The number of thioether (sulfide) groups is 1. The molecule has 0 aromatic heterocycles. The molecule has 0 fully saturated rings. The van der Waals surface area contributed by atoms with Crippen LogP contribution in [0.25, 0.3) is 0 Å². The van der Waals surface area contributed by atoms with Gasteiger partial charge >= 0.3 is 5.51 Å². The molecule has 0 aliphatic carbocycles. The van der Waals surface area contributed by atoms with Crippen molar-refractivity contribution in [1.29, 1.82) is 0 Å². The second-order valence-corrected chi connectivity index (χ2v) is 5.56. The summed E-state index contributed by atoms with van der Waals surface area (Å²) in [5.41, 5.74) is -3.83. The van der Waals surface area contributed by atoms with Gasteiger partial charge in [0, 0.05) is 18.0 Å². The van der Waals surface area contributed by atoms with Crippen LogP contribution in [0.1, 0.15) is 24.8 Å². The van der Waals surface area contributed by atoms with E-state index in [1.54, 1.807) is 4.90 Å². The molecule has 0 spiro atoms. The van der Waals surface area contributed by atoms with E-state index in [1.165, 1.54) is 24.3 Å². The van der Waals surface area contributed by atoms with Gasteiger partial charge < -0.3 is 4.90 Å². The maximum Gasteiger partial charge on any atom is 0.446 e. The van der Waals surface area contributed by atoms with E-state index in [1.807, 2.05) is 13.8 Å². The topological polar surface area (TPSA) is 20.3 Å². The summed E-state index contributed by atoms with van der Waals surface area (Å²) in [6.45, 7) is 4.77. The molecule has 7 heteroatoms. The number of alkyl halides is 4. The Morgan fingerprint density at radius 3 is 2.15 bits per heavy atom. The van der Waals surface area contributed by atoms with Gasteiger partial charge in [-0.2, -0.15) is 13.2 Å². The van der Waals surface area contributed by atoms with Crippen LogP contribution >= 0.6 is 23.4 Å². The average molecular weight is 326 g/mol. The fraction of sp³-hybridized carbons (Fsp3) is 0.462. The molecule has 1 atom stereocenters. The molecule has 0 aliphatic heterocycles. The highest BCUT2D eigenvalue weighted by Crippen LogP contribution is 2.37. The minimum atomic E-state index is -4.32. The van der Waals surface area contributed by atoms with Crippen LogP contribution in [-0.4, -0.2) is 29.4 Å². The number of carbonyl (C=O) groups is 1. The Morgan fingerprint density at radius 1 is 1.25 bits per heavy atom. The molecule has 1 amide bonds. The molecule has 1 rings (SSSR count). The minimum Gasteiger partial charge on any atom is -0.342 e. The third-order valence-electron chi connectivity index (χ3n) is 2.70. The van der Waals surface area contributed by atoms with Gasteiger partial charge in [-0.15, -0.1) is 11.6 Å². The van der Waals surface area contributed by atoms with Crippen LogP contribution in [0.5, 0.6) is 0 Å². The van der Waals surface area contributed by atoms with Crippen LogP contribution in [0.15, 0.2) is 29.2 Å². The van der Waals surface area contributed by atoms with Crippen molar-refractivity contribution in [2.45, 2.75) is 29.6 Å². The number of halogens is 4. The van der Waals surface area contributed by atoms with Crippen molar-refractivity contribution < 1.29 is 18.0 Å². The van der Waals surface area contributed by atoms with Gasteiger partial charge in [0.1, 0.15) is 5.38 Å². The zero-order valence-corrected chi connectivity index (χ0v) is 12.6. The van der Waals surface area contributed by atoms with Gasteiger partial charge in [0.25, 0.3) is 0 Å². The zero-order chi connectivity index (χ0) is 15.3. The van der Waals surface area contributed by atoms with E-state index in [4.69, 9.17) is 11.6 Å². The monoisotopic (exact) mass is 325 g/mol. The van der Waals surface area contributed by atoms with Crippen LogP contribution < -0.4 is 0 Å². The van der Waals surface area contributed by atoms with Gasteiger partial charge in [-0.3, -0.25) is 4.79 Å². The lowest BCUT2D eigenvalue weighted by molar-refractivity contribution is -0.130. The molecule has 0 saturated heterocycles. The minimum absolute atomic E-state index is 0.0698.